The second kappa shape index (κ2) is 9.01. The van der Waals surface area contributed by atoms with E-state index in [1.54, 1.807) is 14.2 Å². The van der Waals surface area contributed by atoms with Crippen LogP contribution in [0.2, 0.25) is 0 Å². The van der Waals surface area contributed by atoms with E-state index in [1.807, 2.05) is 44.2 Å². The molecule has 0 aliphatic carbocycles. The maximum Gasteiger partial charge on any atom is 0.315 e. The zero-order valence-electron chi connectivity index (χ0n) is 15.2. The predicted molar refractivity (Wildman–Crippen MR) is 96.3 cm³/mol. The Morgan fingerprint density at radius 1 is 1.16 bits per heavy atom. The fraction of sp³-hybridized carbons (Fsp3) is 0.421. The normalized spacial score (nSPS) is 11.7. The van der Waals surface area contributed by atoms with E-state index in [0.717, 1.165) is 29.9 Å². The minimum Gasteiger partial charge on any atom is -0.493 e. The molecule has 1 aromatic heterocycles. The lowest BCUT2D eigenvalue weighted by atomic mass is 10.1. The number of hydrogen-bond acceptors (Lipinski definition) is 4. The summed E-state index contributed by atoms with van der Waals surface area (Å²) in [7, 11) is 3.24. The first-order valence-electron chi connectivity index (χ1n) is 8.35. The summed E-state index contributed by atoms with van der Waals surface area (Å²) < 4.78 is 16.0. The number of benzene rings is 1. The number of nitrogens with one attached hydrogen (secondary N) is 2. The first-order valence-corrected chi connectivity index (χ1v) is 8.35. The lowest BCUT2D eigenvalue weighted by molar-refractivity contribution is 0.236. The average molecular weight is 346 g/mol. The summed E-state index contributed by atoms with van der Waals surface area (Å²) in [6.07, 6.45) is 1.67. The number of methoxy groups -OCH3 is 2. The third-order valence-corrected chi connectivity index (χ3v) is 3.91. The maximum atomic E-state index is 11.9. The van der Waals surface area contributed by atoms with E-state index in [0.29, 0.717) is 18.0 Å². The number of hydrogen-bond donors (Lipinski definition) is 2. The topological polar surface area (TPSA) is 72.7 Å². The fourth-order valence-corrected chi connectivity index (χ4v) is 2.54. The summed E-state index contributed by atoms with van der Waals surface area (Å²) in [4.78, 5) is 11.9. The Kier molecular flexibility index (Phi) is 6.74. The number of carbonyl (C=O) groups excluding carboxylic acids is 1. The second-order valence-corrected chi connectivity index (χ2v) is 5.86. The van der Waals surface area contributed by atoms with Gasteiger partial charge in [0.1, 0.15) is 11.5 Å². The number of urea groups is 1. The van der Waals surface area contributed by atoms with Crippen molar-refractivity contribution >= 4 is 6.03 Å². The zero-order valence-corrected chi connectivity index (χ0v) is 15.2. The van der Waals surface area contributed by atoms with Crippen molar-refractivity contribution in [2.24, 2.45) is 0 Å². The molecule has 2 N–H and O–H groups in total. The van der Waals surface area contributed by atoms with E-state index >= 15 is 0 Å². The van der Waals surface area contributed by atoms with Gasteiger partial charge in [0, 0.05) is 6.54 Å². The van der Waals surface area contributed by atoms with Crippen LogP contribution < -0.4 is 20.1 Å². The number of rotatable bonds is 8. The highest BCUT2D eigenvalue weighted by Gasteiger charge is 2.12. The molecule has 1 unspecified atom stereocenters. The lowest BCUT2D eigenvalue weighted by Gasteiger charge is -2.13. The quantitative estimate of drug-likeness (QED) is 0.716. The van der Waals surface area contributed by atoms with E-state index in [9.17, 15) is 4.79 Å². The molecule has 0 fully saturated rings. The van der Waals surface area contributed by atoms with Crippen molar-refractivity contribution in [1.29, 1.82) is 0 Å². The van der Waals surface area contributed by atoms with Crippen LogP contribution in [0.4, 0.5) is 4.79 Å². The Bertz CT molecular complexity index is 696. The number of amides is 2. The smallest absolute Gasteiger partial charge is 0.315 e. The summed E-state index contributed by atoms with van der Waals surface area (Å²) >= 11 is 0. The van der Waals surface area contributed by atoms with Gasteiger partial charge in [0.25, 0.3) is 0 Å². The molecular formula is C19H26N2O4. The molecular weight excluding hydrogens is 320 g/mol. The van der Waals surface area contributed by atoms with Gasteiger partial charge in [0.15, 0.2) is 11.5 Å². The second-order valence-electron chi connectivity index (χ2n) is 5.86. The van der Waals surface area contributed by atoms with Gasteiger partial charge in [-0.1, -0.05) is 6.07 Å². The van der Waals surface area contributed by atoms with Crippen LogP contribution in [0.1, 0.15) is 36.5 Å². The zero-order chi connectivity index (χ0) is 18.2. The molecule has 0 spiro atoms. The Morgan fingerprint density at radius 3 is 2.56 bits per heavy atom. The van der Waals surface area contributed by atoms with Crippen molar-refractivity contribution in [3.8, 4) is 11.5 Å². The van der Waals surface area contributed by atoms with E-state index in [2.05, 4.69) is 10.6 Å². The summed E-state index contributed by atoms with van der Waals surface area (Å²) in [5.41, 5.74) is 1.14. The van der Waals surface area contributed by atoms with Crippen molar-refractivity contribution < 1.29 is 18.7 Å². The Balaban J connectivity index is 1.72. The fourth-order valence-electron chi connectivity index (χ4n) is 2.54. The molecule has 6 nitrogen and oxygen atoms in total. The Labute approximate surface area is 148 Å². The van der Waals surface area contributed by atoms with Crippen LogP contribution in [-0.2, 0) is 6.42 Å². The van der Waals surface area contributed by atoms with Crippen LogP contribution in [-0.4, -0.2) is 26.8 Å². The van der Waals surface area contributed by atoms with Crippen molar-refractivity contribution in [1.82, 2.24) is 10.6 Å². The van der Waals surface area contributed by atoms with Gasteiger partial charge in [-0.25, -0.2) is 4.79 Å². The molecule has 136 valence electrons. The van der Waals surface area contributed by atoms with Gasteiger partial charge in [-0.15, -0.1) is 0 Å². The molecule has 0 aliphatic heterocycles. The van der Waals surface area contributed by atoms with Crippen LogP contribution in [0, 0.1) is 6.92 Å². The standard InChI is InChI=1S/C19H26N2O4/c1-13-7-9-16(25-13)14(2)21-19(22)20-11-5-6-15-8-10-17(23-3)18(12-15)24-4/h7-10,12,14H,5-6,11H2,1-4H3,(H2,20,21,22). The molecule has 0 bridgehead atoms. The number of aryl methyl sites for hydroxylation is 2. The molecule has 0 saturated carbocycles. The molecule has 1 aromatic carbocycles. The molecule has 0 saturated heterocycles. The van der Waals surface area contributed by atoms with Gasteiger partial charge in [0.05, 0.1) is 20.3 Å². The molecule has 2 rings (SSSR count). The van der Waals surface area contributed by atoms with Gasteiger partial charge < -0.3 is 24.5 Å². The Hall–Kier alpha value is -2.63. The minimum absolute atomic E-state index is 0.167. The van der Waals surface area contributed by atoms with Gasteiger partial charge in [-0.05, 0) is 56.5 Å². The largest absolute Gasteiger partial charge is 0.493 e. The first kappa shape index (κ1) is 18.7. The number of furan rings is 1. The SMILES string of the molecule is COc1ccc(CCCNC(=O)NC(C)c2ccc(C)o2)cc1OC. The number of ether oxygens (including phenoxy) is 2. The summed E-state index contributed by atoms with van der Waals surface area (Å²) in [6.45, 7) is 4.36. The summed E-state index contributed by atoms with van der Waals surface area (Å²) in [5, 5.41) is 5.73. The predicted octanol–water partition coefficient (Wildman–Crippen LogP) is 3.60. The van der Waals surface area contributed by atoms with Gasteiger partial charge in [-0.2, -0.15) is 0 Å². The van der Waals surface area contributed by atoms with Crippen molar-refractivity contribution in [2.45, 2.75) is 32.7 Å². The molecule has 2 amide bonds. The van der Waals surface area contributed by atoms with Crippen LogP contribution in [0.15, 0.2) is 34.7 Å². The maximum absolute atomic E-state index is 11.9. The third kappa shape index (κ3) is 5.45. The Morgan fingerprint density at radius 2 is 1.92 bits per heavy atom. The first-order chi connectivity index (χ1) is 12.0. The van der Waals surface area contributed by atoms with Gasteiger partial charge in [-0.3, -0.25) is 0 Å². The van der Waals surface area contributed by atoms with Gasteiger partial charge >= 0.3 is 6.03 Å². The van der Waals surface area contributed by atoms with Crippen LogP contribution in [0.25, 0.3) is 0 Å². The molecule has 1 heterocycles. The van der Waals surface area contributed by atoms with E-state index in [-0.39, 0.29) is 12.1 Å². The van der Waals surface area contributed by atoms with E-state index in [1.165, 1.54) is 0 Å². The molecule has 25 heavy (non-hydrogen) atoms. The van der Waals surface area contributed by atoms with Crippen molar-refractivity contribution in [3.63, 3.8) is 0 Å². The molecule has 2 aromatic rings. The highest BCUT2D eigenvalue weighted by molar-refractivity contribution is 5.74. The molecule has 6 heteroatoms. The summed E-state index contributed by atoms with van der Waals surface area (Å²) in [5.74, 6) is 3.01. The van der Waals surface area contributed by atoms with Crippen LogP contribution in [0.5, 0.6) is 11.5 Å². The highest BCUT2D eigenvalue weighted by Crippen LogP contribution is 2.27. The minimum atomic E-state index is -0.200. The van der Waals surface area contributed by atoms with E-state index in [4.69, 9.17) is 13.9 Å². The monoisotopic (exact) mass is 346 g/mol. The van der Waals surface area contributed by atoms with Crippen LogP contribution >= 0.6 is 0 Å². The highest BCUT2D eigenvalue weighted by atomic mass is 16.5. The van der Waals surface area contributed by atoms with Crippen LogP contribution in [0.3, 0.4) is 0 Å². The van der Waals surface area contributed by atoms with Gasteiger partial charge in [0.2, 0.25) is 0 Å². The molecule has 0 radical (unpaired) electrons. The average Bonchev–Trinajstić information content (AvgIpc) is 3.05. The number of carbonyl (C=O) groups is 1. The third-order valence-electron chi connectivity index (χ3n) is 3.91. The summed E-state index contributed by atoms with van der Waals surface area (Å²) in [6, 6.07) is 9.24. The van der Waals surface area contributed by atoms with E-state index < -0.39 is 0 Å². The molecule has 1 atom stereocenters. The van der Waals surface area contributed by atoms with Crippen molar-refractivity contribution in [3.05, 3.63) is 47.4 Å². The molecule has 0 aliphatic rings. The van der Waals surface area contributed by atoms with Crippen molar-refractivity contribution in [2.75, 3.05) is 20.8 Å². The lowest BCUT2D eigenvalue weighted by Crippen LogP contribution is -2.37.